The van der Waals surface area contributed by atoms with Gasteiger partial charge in [-0.15, -0.1) is 0 Å². The molecule has 1 saturated carbocycles. The van der Waals surface area contributed by atoms with Crippen LogP contribution in [0.2, 0.25) is 0 Å². The number of nitrogens with zero attached hydrogens (tertiary/aromatic N) is 1. The fraction of sp³-hybridized carbons (Fsp3) is 0.647. The van der Waals surface area contributed by atoms with Crippen LogP contribution in [0, 0.1) is 0 Å². The van der Waals surface area contributed by atoms with Crippen molar-refractivity contribution in [1.82, 2.24) is 4.90 Å². The van der Waals surface area contributed by atoms with Crippen LogP contribution in [0.1, 0.15) is 50.7 Å². The molecule has 0 radical (unpaired) electrons. The van der Waals surface area contributed by atoms with Gasteiger partial charge in [0.05, 0.1) is 0 Å². The summed E-state index contributed by atoms with van der Waals surface area (Å²) in [5.74, 6) is 0. The average Bonchev–Trinajstić information content (AvgIpc) is 3.17. The number of hydrogen-bond donors (Lipinski definition) is 1. The molecule has 0 aromatic heterocycles. The van der Waals surface area contributed by atoms with Crippen molar-refractivity contribution in [2.45, 2.75) is 63.6 Å². The van der Waals surface area contributed by atoms with Gasteiger partial charge < -0.3 is 5.11 Å². The van der Waals surface area contributed by atoms with Crippen molar-refractivity contribution in [2.24, 2.45) is 0 Å². The molecular weight excluding hydrogens is 234 g/mol. The van der Waals surface area contributed by atoms with Crippen molar-refractivity contribution >= 4 is 0 Å². The third kappa shape index (κ3) is 2.56. The number of aliphatic hydroxyl groups is 1. The first kappa shape index (κ1) is 13.1. The summed E-state index contributed by atoms with van der Waals surface area (Å²) in [5.41, 5.74) is 1.84. The minimum Gasteiger partial charge on any atom is -0.384 e. The van der Waals surface area contributed by atoms with Gasteiger partial charge in [0.2, 0.25) is 0 Å². The third-order valence-electron chi connectivity index (χ3n) is 4.66. The highest BCUT2D eigenvalue weighted by atomic mass is 16.3. The Morgan fingerprint density at radius 3 is 2.84 bits per heavy atom. The average molecular weight is 259 g/mol. The minimum absolute atomic E-state index is 0.507. The molecule has 1 aromatic carbocycles. The summed E-state index contributed by atoms with van der Waals surface area (Å²) in [4.78, 5) is 2.51. The molecule has 1 aliphatic heterocycles. The summed E-state index contributed by atoms with van der Waals surface area (Å²) in [7, 11) is 0. The van der Waals surface area contributed by atoms with Crippen LogP contribution in [0.25, 0.3) is 0 Å². The topological polar surface area (TPSA) is 23.5 Å². The molecule has 104 valence electrons. The van der Waals surface area contributed by atoms with Gasteiger partial charge in [0.1, 0.15) is 5.60 Å². The van der Waals surface area contributed by atoms with E-state index in [1.165, 1.54) is 18.4 Å². The van der Waals surface area contributed by atoms with E-state index in [1.54, 1.807) is 0 Å². The van der Waals surface area contributed by atoms with Gasteiger partial charge in [0, 0.05) is 18.6 Å². The van der Waals surface area contributed by atoms with Crippen LogP contribution < -0.4 is 0 Å². The Kier molecular flexibility index (Phi) is 3.40. The van der Waals surface area contributed by atoms with E-state index in [2.05, 4.69) is 43.0 Å². The highest BCUT2D eigenvalue weighted by Crippen LogP contribution is 2.41. The summed E-state index contributed by atoms with van der Waals surface area (Å²) in [5, 5.41) is 11.0. The fourth-order valence-corrected chi connectivity index (χ4v) is 3.54. The molecule has 0 amide bonds. The van der Waals surface area contributed by atoms with Crippen LogP contribution in [-0.4, -0.2) is 28.6 Å². The van der Waals surface area contributed by atoms with Crippen LogP contribution in [0.5, 0.6) is 0 Å². The van der Waals surface area contributed by atoms with Crippen LogP contribution in [0.4, 0.5) is 0 Å². The minimum atomic E-state index is -0.633. The van der Waals surface area contributed by atoms with Crippen LogP contribution in [0.15, 0.2) is 24.3 Å². The summed E-state index contributed by atoms with van der Waals surface area (Å²) < 4.78 is 0. The van der Waals surface area contributed by atoms with Gasteiger partial charge in [-0.05, 0) is 43.7 Å². The molecule has 19 heavy (non-hydrogen) atoms. The number of rotatable bonds is 4. The van der Waals surface area contributed by atoms with Crippen LogP contribution >= 0.6 is 0 Å². The molecule has 1 heterocycles. The van der Waals surface area contributed by atoms with Crippen molar-refractivity contribution < 1.29 is 5.11 Å². The van der Waals surface area contributed by atoms with Gasteiger partial charge >= 0.3 is 0 Å². The molecule has 1 N–H and O–H groups in total. The molecule has 2 heteroatoms. The molecular formula is C17H25NO. The van der Waals surface area contributed by atoms with E-state index in [0.29, 0.717) is 6.04 Å². The Bertz CT molecular complexity index is 454. The number of β-amino-alcohol motifs (C(OH)–C–C–N with tert-alkyl or cyclic N) is 1. The second-order valence-electron chi connectivity index (χ2n) is 6.44. The van der Waals surface area contributed by atoms with E-state index in [4.69, 9.17) is 0 Å². The zero-order valence-electron chi connectivity index (χ0n) is 12.1. The quantitative estimate of drug-likeness (QED) is 0.898. The first-order valence-corrected chi connectivity index (χ1v) is 7.70. The van der Waals surface area contributed by atoms with Gasteiger partial charge in [0.25, 0.3) is 0 Å². The first-order chi connectivity index (χ1) is 9.12. The fourth-order valence-electron chi connectivity index (χ4n) is 3.54. The number of hydrogen-bond acceptors (Lipinski definition) is 2. The molecule has 3 rings (SSSR count). The normalized spacial score (nSPS) is 31.8. The number of benzene rings is 1. The van der Waals surface area contributed by atoms with Crippen molar-refractivity contribution in [3.8, 4) is 0 Å². The summed E-state index contributed by atoms with van der Waals surface area (Å²) in [6, 6.07) is 9.83. The molecule has 2 unspecified atom stereocenters. The van der Waals surface area contributed by atoms with Gasteiger partial charge in [-0.2, -0.15) is 0 Å². The van der Waals surface area contributed by atoms with Crippen molar-refractivity contribution in [1.29, 1.82) is 0 Å². The van der Waals surface area contributed by atoms with E-state index in [-0.39, 0.29) is 0 Å². The highest BCUT2D eigenvalue weighted by molar-refractivity contribution is 5.30. The molecule has 2 atom stereocenters. The Hall–Kier alpha value is -0.860. The maximum Gasteiger partial charge on any atom is 0.104 e. The molecule has 0 spiro atoms. The second kappa shape index (κ2) is 4.92. The Morgan fingerprint density at radius 2 is 2.16 bits per heavy atom. The predicted octanol–water partition coefficient (Wildman–Crippen LogP) is 3.08. The Morgan fingerprint density at radius 1 is 1.37 bits per heavy atom. The molecule has 2 fully saturated rings. The first-order valence-electron chi connectivity index (χ1n) is 7.70. The van der Waals surface area contributed by atoms with Crippen molar-refractivity contribution in [3.05, 3.63) is 35.4 Å². The van der Waals surface area contributed by atoms with E-state index < -0.39 is 5.60 Å². The Balaban J connectivity index is 1.82. The lowest BCUT2D eigenvalue weighted by atomic mass is 9.90. The summed E-state index contributed by atoms with van der Waals surface area (Å²) in [6.07, 6.45) is 5.77. The predicted molar refractivity (Wildman–Crippen MR) is 78.1 cm³/mol. The summed E-state index contributed by atoms with van der Waals surface area (Å²) in [6.45, 7) is 5.27. The lowest BCUT2D eigenvalue weighted by Gasteiger charge is -2.24. The molecule has 1 saturated heterocycles. The smallest absolute Gasteiger partial charge is 0.104 e. The highest BCUT2D eigenvalue weighted by Gasteiger charge is 2.46. The van der Waals surface area contributed by atoms with Crippen molar-refractivity contribution in [2.75, 3.05) is 6.54 Å². The second-order valence-corrected chi connectivity index (χ2v) is 6.44. The number of likely N-dealkylation sites (tertiary alicyclic amines) is 1. The van der Waals surface area contributed by atoms with Crippen LogP contribution in [-0.2, 0) is 12.0 Å². The van der Waals surface area contributed by atoms with Crippen LogP contribution in [0.3, 0.4) is 0 Å². The molecule has 1 aromatic rings. The van der Waals surface area contributed by atoms with Gasteiger partial charge in [-0.25, -0.2) is 0 Å². The summed E-state index contributed by atoms with van der Waals surface area (Å²) >= 11 is 0. The number of aryl methyl sites for hydroxylation is 1. The van der Waals surface area contributed by atoms with Gasteiger partial charge in [-0.1, -0.05) is 37.6 Å². The largest absolute Gasteiger partial charge is 0.384 e. The lowest BCUT2D eigenvalue weighted by molar-refractivity contribution is 0.0451. The molecule has 1 aliphatic carbocycles. The molecule has 0 bridgehead atoms. The Labute approximate surface area is 116 Å². The lowest BCUT2D eigenvalue weighted by Crippen LogP contribution is -2.33. The van der Waals surface area contributed by atoms with E-state index >= 15 is 0 Å². The standard InChI is InChI=1S/C17H25NO/c1-3-5-14-6-4-7-15(10-14)17(19)11-13(2)18(12-17)16-8-9-16/h4,6-7,10,13,16,19H,3,5,8-9,11-12H2,1-2H3. The zero-order chi connectivity index (χ0) is 13.5. The van der Waals surface area contributed by atoms with E-state index in [0.717, 1.165) is 37.4 Å². The third-order valence-corrected chi connectivity index (χ3v) is 4.66. The monoisotopic (exact) mass is 259 g/mol. The maximum absolute atomic E-state index is 11.0. The zero-order valence-corrected chi connectivity index (χ0v) is 12.1. The SMILES string of the molecule is CCCc1cccc(C2(O)CC(C)N(C3CC3)C2)c1. The molecule has 2 nitrogen and oxygen atoms in total. The van der Waals surface area contributed by atoms with Gasteiger partial charge in [0.15, 0.2) is 0 Å². The van der Waals surface area contributed by atoms with E-state index in [9.17, 15) is 5.11 Å². The van der Waals surface area contributed by atoms with Gasteiger partial charge in [-0.3, -0.25) is 4.90 Å². The van der Waals surface area contributed by atoms with E-state index in [1.807, 2.05) is 0 Å². The van der Waals surface area contributed by atoms with Crippen molar-refractivity contribution in [3.63, 3.8) is 0 Å². The maximum atomic E-state index is 11.0. The molecule has 2 aliphatic rings.